The quantitative estimate of drug-likeness (QED) is 0.584. The average Bonchev–Trinajstić information content (AvgIpc) is 2.47. The molecule has 0 atom stereocenters. The van der Waals surface area contributed by atoms with Gasteiger partial charge in [-0.05, 0) is 48.6 Å². The van der Waals surface area contributed by atoms with Crippen molar-refractivity contribution in [2.45, 2.75) is 19.3 Å². The zero-order valence-corrected chi connectivity index (χ0v) is 14.3. The average molecular weight is 402 g/mol. The van der Waals surface area contributed by atoms with Crippen molar-refractivity contribution in [1.82, 2.24) is 0 Å². The molecule has 0 aliphatic carbocycles. The van der Waals surface area contributed by atoms with E-state index in [1.807, 2.05) is 0 Å². The first-order valence-corrected chi connectivity index (χ1v) is 7.30. The molecule has 0 saturated heterocycles. The van der Waals surface area contributed by atoms with Crippen LogP contribution in [0, 0.1) is 3.57 Å². The van der Waals surface area contributed by atoms with Crippen molar-refractivity contribution in [3.05, 3.63) is 37.8 Å². The Labute approximate surface area is 135 Å². The molecular weight excluding hydrogens is 387 g/mol. The third-order valence-corrected chi connectivity index (χ3v) is 4.17. The summed E-state index contributed by atoms with van der Waals surface area (Å²) in [5, 5.41) is 0.369. The number of carbonyl (C=O) groups is 1. The Hall–Kier alpha value is -1.57. The minimum atomic E-state index is -1.05. The number of benzene rings is 1. The summed E-state index contributed by atoms with van der Waals surface area (Å²) in [5.74, 6) is 0.238. The second-order valence-electron chi connectivity index (χ2n) is 5.05. The Bertz CT molecular complexity index is 760. The van der Waals surface area contributed by atoms with Crippen LogP contribution in [0.3, 0.4) is 0 Å². The molecule has 21 heavy (non-hydrogen) atoms. The van der Waals surface area contributed by atoms with E-state index in [-0.39, 0.29) is 11.2 Å². The largest absolute Gasteiger partial charge is 0.496 e. The van der Waals surface area contributed by atoms with Gasteiger partial charge in [-0.1, -0.05) is 0 Å². The number of rotatable bonds is 3. The minimum absolute atomic E-state index is 0.251. The van der Waals surface area contributed by atoms with Crippen LogP contribution in [0.15, 0.2) is 27.4 Å². The van der Waals surface area contributed by atoms with Gasteiger partial charge in [-0.25, -0.2) is 0 Å². The molecule has 0 fully saturated rings. The molecule has 1 aromatic heterocycles. The number of ether oxygens (including phenoxy) is 2. The van der Waals surface area contributed by atoms with E-state index in [1.165, 1.54) is 20.3 Å². The molecule has 0 aliphatic heterocycles. The van der Waals surface area contributed by atoms with Crippen molar-refractivity contribution in [1.29, 1.82) is 0 Å². The number of carbonyl (C=O) groups excluding carboxylic acids is 1. The number of halogens is 1. The van der Waals surface area contributed by atoms with Gasteiger partial charge in [0.1, 0.15) is 22.3 Å². The molecule has 5 nitrogen and oxygen atoms in total. The van der Waals surface area contributed by atoms with E-state index in [0.29, 0.717) is 16.7 Å². The van der Waals surface area contributed by atoms with E-state index in [0.717, 1.165) is 3.57 Å². The molecule has 0 N–H and O–H groups in total. The zero-order chi connectivity index (χ0) is 15.8. The van der Waals surface area contributed by atoms with Gasteiger partial charge in [0.25, 0.3) is 0 Å². The third kappa shape index (κ3) is 2.64. The zero-order valence-electron chi connectivity index (χ0n) is 12.2. The van der Waals surface area contributed by atoms with Crippen LogP contribution in [-0.4, -0.2) is 20.2 Å². The number of fused-ring (bicyclic) bond motifs is 1. The van der Waals surface area contributed by atoms with Gasteiger partial charge in [0.2, 0.25) is 0 Å². The van der Waals surface area contributed by atoms with Crippen molar-refractivity contribution in [3.8, 4) is 5.75 Å². The van der Waals surface area contributed by atoms with Gasteiger partial charge in [-0.2, -0.15) is 0 Å². The van der Waals surface area contributed by atoms with Crippen LogP contribution in [0.2, 0.25) is 0 Å². The van der Waals surface area contributed by atoms with Gasteiger partial charge in [0.05, 0.1) is 17.8 Å². The topological polar surface area (TPSA) is 65.7 Å². The van der Waals surface area contributed by atoms with Crippen LogP contribution in [0.25, 0.3) is 11.0 Å². The first-order chi connectivity index (χ1) is 9.82. The second kappa shape index (κ2) is 5.67. The Balaban J connectivity index is 2.80. The fourth-order valence-electron chi connectivity index (χ4n) is 2.04. The highest BCUT2D eigenvalue weighted by Crippen LogP contribution is 2.31. The maximum Gasteiger partial charge on any atom is 0.318 e. The molecule has 1 aromatic carbocycles. The van der Waals surface area contributed by atoms with Crippen molar-refractivity contribution in [2.24, 2.45) is 0 Å². The molecule has 0 bridgehead atoms. The van der Waals surface area contributed by atoms with Gasteiger partial charge in [-0.3, -0.25) is 9.59 Å². The van der Waals surface area contributed by atoms with Crippen molar-refractivity contribution in [2.75, 3.05) is 14.2 Å². The summed E-state index contributed by atoms with van der Waals surface area (Å²) in [6, 6.07) is 4.82. The Morgan fingerprint density at radius 1 is 1.29 bits per heavy atom. The number of esters is 1. The molecule has 0 saturated carbocycles. The van der Waals surface area contributed by atoms with Crippen molar-refractivity contribution >= 4 is 39.5 Å². The summed E-state index contributed by atoms with van der Waals surface area (Å²) in [6.45, 7) is 3.30. The van der Waals surface area contributed by atoms with Crippen LogP contribution >= 0.6 is 22.6 Å². The van der Waals surface area contributed by atoms with E-state index in [1.54, 1.807) is 26.0 Å². The molecule has 1 heterocycles. The summed E-state index contributed by atoms with van der Waals surface area (Å²) >= 11 is 2.07. The van der Waals surface area contributed by atoms with Gasteiger partial charge in [-0.15, -0.1) is 0 Å². The summed E-state index contributed by atoms with van der Waals surface area (Å²) in [4.78, 5) is 24.3. The lowest BCUT2D eigenvalue weighted by molar-refractivity contribution is -0.146. The number of methoxy groups -OCH3 is 2. The molecule has 2 rings (SSSR count). The van der Waals surface area contributed by atoms with Crippen LogP contribution in [0.1, 0.15) is 19.6 Å². The second-order valence-corrected chi connectivity index (χ2v) is 6.21. The molecule has 0 unspecified atom stereocenters. The van der Waals surface area contributed by atoms with Gasteiger partial charge in [0, 0.05) is 6.07 Å². The fraction of sp³-hybridized carbons (Fsp3) is 0.333. The predicted molar refractivity (Wildman–Crippen MR) is 86.8 cm³/mol. The molecule has 0 aliphatic rings. The van der Waals surface area contributed by atoms with Crippen LogP contribution < -0.4 is 10.2 Å². The Kier molecular flexibility index (Phi) is 4.27. The number of hydrogen-bond donors (Lipinski definition) is 0. The molecular formula is C15H15IO5. The minimum Gasteiger partial charge on any atom is -0.496 e. The van der Waals surface area contributed by atoms with Gasteiger partial charge < -0.3 is 13.9 Å². The van der Waals surface area contributed by atoms with Crippen LogP contribution in [-0.2, 0) is 14.9 Å². The van der Waals surface area contributed by atoms with Gasteiger partial charge in [0.15, 0.2) is 11.0 Å². The maximum absolute atomic E-state index is 12.4. The smallest absolute Gasteiger partial charge is 0.318 e. The Morgan fingerprint density at radius 2 is 1.95 bits per heavy atom. The van der Waals surface area contributed by atoms with Crippen molar-refractivity contribution in [3.63, 3.8) is 0 Å². The highest BCUT2D eigenvalue weighted by molar-refractivity contribution is 14.1. The van der Waals surface area contributed by atoms with E-state index in [9.17, 15) is 9.59 Å². The summed E-state index contributed by atoms with van der Waals surface area (Å²) in [7, 11) is 2.80. The van der Waals surface area contributed by atoms with E-state index in [2.05, 4.69) is 22.6 Å². The van der Waals surface area contributed by atoms with Crippen molar-refractivity contribution < 1.29 is 18.7 Å². The first-order valence-electron chi connectivity index (χ1n) is 6.22. The lowest BCUT2D eigenvalue weighted by Crippen LogP contribution is -2.31. The van der Waals surface area contributed by atoms with E-state index >= 15 is 0 Å². The summed E-state index contributed by atoms with van der Waals surface area (Å²) in [5.41, 5.74) is -0.887. The standard InChI is InChI=1S/C15H15IO5/c1-15(2,14(18)20-4)11-7-9(17)12-10(19-3)6-5-8(16)13(12)21-11/h5-7H,1-4H3. The molecule has 112 valence electrons. The molecule has 6 heteroatoms. The van der Waals surface area contributed by atoms with E-state index in [4.69, 9.17) is 13.9 Å². The highest BCUT2D eigenvalue weighted by Gasteiger charge is 2.34. The molecule has 2 aromatic rings. The maximum atomic E-state index is 12.4. The normalized spacial score (nSPS) is 11.5. The predicted octanol–water partition coefficient (Wildman–Crippen LogP) is 2.86. The van der Waals surface area contributed by atoms with Crippen LogP contribution in [0.5, 0.6) is 5.75 Å². The SMILES string of the molecule is COC(=O)C(C)(C)c1cc(=O)c2c(OC)ccc(I)c2o1. The first kappa shape index (κ1) is 15.8. The molecule has 0 amide bonds. The lowest BCUT2D eigenvalue weighted by atomic mass is 9.90. The summed E-state index contributed by atoms with van der Waals surface area (Å²) < 4.78 is 16.6. The molecule has 0 radical (unpaired) electrons. The Morgan fingerprint density at radius 3 is 2.52 bits per heavy atom. The number of hydrogen-bond acceptors (Lipinski definition) is 5. The highest BCUT2D eigenvalue weighted by atomic mass is 127. The third-order valence-electron chi connectivity index (χ3n) is 3.32. The van der Waals surface area contributed by atoms with E-state index < -0.39 is 11.4 Å². The van der Waals surface area contributed by atoms with Crippen LogP contribution in [0.4, 0.5) is 0 Å². The van der Waals surface area contributed by atoms with Gasteiger partial charge >= 0.3 is 5.97 Å². The monoisotopic (exact) mass is 402 g/mol. The fourth-order valence-corrected chi connectivity index (χ4v) is 2.60. The lowest BCUT2D eigenvalue weighted by Gasteiger charge is -2.20. The molecule has 0 spiro atoms. The summed E-state index contributed by atoms with van der Waals surface area (Å²) in [6.07, 6.45) is 0.